The third-order valence-corrected chi connectivity index (χ3v) is 5.06. The molecule has 0 radical (unpaired) electrons. The van der Waals surface area contributed by atoms with Gasteiger partial charge in [0.25, 0.3) is 5.91 Å². The molecule has 1 saturated carbocycles. The maximum absolute atomic E-state index is 12.7. The van der Waals surface area contributed by atoms with Gasteiger partial charge in [0.15, 0.2) is 11.5 Å². The Hall–Kier alpha value is -3.69. The number of aliphatic imine (C=N–C) groups is 1. The summed E-state index contributed by atoms with van der Waals surface area (Å²) in [6.07, 6.45) is 2.85. The van der Waals surface area contributed by atoms with Gasteiger partial charge in [-0.15, -0.1) is 5.10 Å². The summed E-state index contributed by atoms with van der Waals surface area (Å²) in [5.74, 6) is 0.356. The van der Waals surface area contributed by atoms with Crippen molar-refractivity contribution in [3.8, 4) is 5.75 Å². The van der Waals surface area contributed by atoms with Gasteiger partial charge in [-0.25, -0.2) is 14.8 Å². The van der Waals surface area contributed by atoms with Gasteiger partial charge < -0.3 is 18.6 Å². The van der Waals surface area contributed by atoms with Crippen LogP contribution in [-0.4, -0.2) is 50.0 Å². The molecule has 30 heavy (non-hydrogen) atoms. The molecule has 0 unspecified atom stereocenters. The van der Waals surface area contributed by atoms with Crippen LogP contribution in [0.4, 0.5) is 5.82 Å². The first-order valence-corrected chi connectivity index (χ1v) is 9.50. The Kier molecular flexibility index (Phi) is 5.21. The first-order valence-electron chi connectivity index (χ1n) is 9.50. The van der Waals surface area contributed by atoms with Crippen LogP contribution in [0, 0.1) is 0 Å². The number of hydrogen-bond acceptors (Lipinski definition) is 7. The second-order valence-electron chi connectivity index (χ2n) is 7.23. The molecular weight excluding hydrogens is 388 g/mol. The molecular formula is C20H22N6O4. The van der Waals surface area contributed by atoms with Crippen molar-refractivity contribution in [2.75, 3.05) is 7.05 Å². The van der Waals surface area contributed by atoms with Crippen LogP contribution < -0.4 is 10.5 Å². The van der Waals surface area contributed by atoms with Crippen molar-refractivity contribution in [1.82, 2.24) is 24.2 Å². The second-order valence-corrected chi connectivity index (χ2v) is 7.23. The number of hydrogen-bond donors (Lipinski definition) is 0. The highest BCUT2D eigenvalue weighted by atomic mass is 16.5. The highest BCUT2D eigenvalue weighted by Crippen LogP contribution is 2.34. The number of aromatic nitrogens is 4. The average molecular weight is 410 g/mol. The van der Waals surface area contributed by atoms with Gasteiger partial charge in [0.1, 0.15) is 11.9 Å². The topological polar surface area (TPSA) is 108 Å². The van der Waals surface area contributed by atoms with Crippen LogP contribution in [0.5, 0.6) is 5.75 Å². The predicted octanol–water partition coefficient (Wildman–Crippen LogP) is 1.96. The van der Waals surface area contributed by atoms with Crippen molar-refractivity contribution in [2.24, 2.45) is 12.0 Å². The zero-order valence-electron chi connectivity index (χ0n) is 16.8. The molecule has 2 aromatic heterocycles. The van der Waals surface area contributed by atoms with Crippen molar-refractivity contribution in [1.29, 1.82) is 0 Å². The van der Waals surface area contributed by atoms with Gasteiger partial charge in [0.05, 0.1) is 18.9 Å². The molecule has 1 amide bonds. The lowest BCUT2D eigenvalue weighted by atomic mass is 9.89. The molecule has 4 rings (SSSR count). The molecule has 0 N–H and O–H groups in total. The molecule has 3 aromatic rings. The van der Waals surface area contributed by atoms with Crippen molar-refractivity contribution in [3.05, 3.63) is 58.8 Å². The highest BCUT2D eigenvalue weighted by Gasteiger charge is 2.35. The minimum absolute atomic E-state index is 0.0309. The van der Waals surface area contributed by atoms with E-state index in [-0.39, 0.29) is 36.3 Å². The third-order valence-electron chi connectivity index (χ3n) is 5.06. The molecule has 156 valence electrons. The summed E-state index contributed by atoms with van der Waals surface area (Å²) in [7, 11) is 3.29. The lowest BCUT2D eigenvalue weighted by Gasteiger charge is -2.34. The average Bonchev–Trinajstić information content (AvgIpc) is 3.26. The van der Waals surface area contributed by atoms with Gasteiger partial charge in [-0.05, 0) is 18.9 Å². The molecule has 1 fully saturated rings. The Morgan fingerprint density at radius 2 is 2.10 bits per heavy atom. The van der Waals surface area contributed by atoms with E-state index in [1.165, 1.54) is 15.9 Å². The summed E-state index contributed by atoms with van der Waals surface area (Å²) in [4.78, 5) is 34.1. The highest BCUT2D eigenvalue weighted by molar-refractivity contribution is 5.96. The number of benzene rings is 1. The molecule has 2 heterocycles. The minimum Gasteiger partial charge on any atom is -0.490 e. The van der Waals surface area contributed by atoms with E-state index >= 15 is 0 Å². The molecule has 10 nitrogen and oxygen atoms in total. The van der Waals surface area contributed by atoms with Gasteiger partial charge in [0, 0.05) is 26.9 Å². The maximum atomic E-state index is 12.7. The first-order chi connectivity index (χ1) is 14.5. The number of rotatable bonds is 7. The number of ether oxygens (including phenoxy) is 1. The summed E-state index contributed by atoms with van der Waals surface area (Å²) < 4.78 is 14.0. The lowest BCUT2D eigenvalue weighted by Crippen LogP contribution is -2.39. The maximum Gasteiger partial charge on any atom is 0.437 e. The molecule has 0 bridgehead atoms. The molecule has 0 aliphatic heterocycles. The van der Waals surface area contributed by atoms with E-state index in [4.69, 9.17) is 9.15 Å². The summed E-state index contributed by atoms with van der Waals surface area (Å²) in [6.45, 7) is 3.47. The summed E-state index contributed by atoms with van der Waals surface area (Å²) in [5, 5.41) is 4.27. The molecule has 0 saturated heterocycles. The normalized spacial score (nSPS) is 17.9. The van der Waals surface area contributed by atoms with Crippen molar-refractivity contribution >= 4 is 18.4 Å². The monoisotopic (exact) mass is 410 g/mol. The molecule has 0 spiro atoms. The fourth-order valence-electron chi connectivity index (χ4n) is 3.38. The zero-order valence-corrected chi connectivity index (χ0v) is 16.8. The van der Waals surface area contributed by atoms with Crippen LogP contribution in [0.1, 0.15) is 35.3 Å². The van der Waals surface area contributed by atoms with Crippen LogP contribution in [0.15, 0.2) is 50.9 Å². The van der Waals surface area contributed by atoms with Crippen molar-refractivity contribution in [3.63, 3.8) is 0 Å². The van der Waals surface area contributed by atoms with Gasteiger partial charge in [-0.3, -0.25) is 4.79 Å². The Morgan fingerprint density at radius 3 is 2.80 bits per heavy atom. The second kappa shape index (κ2) is 7.97. The van der Waals surface area contributed by atoms with E-state index in [9.17, 15) is 9.59 Å². The standard InChI is InChI=1S/C20H22N6O4/c1-21-18-17(25(3)12-22-18)19(27)24(2)11-16-23-26(20(28)30-16)13-9-15(10-13)29-14-7-5-4-6-8-14/h4-8,12-13,15H,1,9-11H2,2-3H3. The summed E-state index contributed by atoms with van der Waals surface area (Å²) >= 11 is 0. The van der Waals surface area contributed by atoms with E-state index < -0.39 is 5.76 Å². The van der Waals surface area contributed by atoms with Crippen molar-refractivity contribution in [2.45, 2.75) is 31.5 Å². The molecule has 1 aromatic carbocycles. The Balaban J connectivity index is 1.39. The minimum atomic E-state index is -0.539. The summed E-state index contributed by atoms with van der Waals surface area (Å²) in [6, 6.07) is 9.47. The number of nitrogens with zero attached hydrogens (tertiary/aromatic N) is 6. The number of amides is 1. The van der Waals surface area contributed by atoms with Crippen LogP contribution in [0.3, 0.4) is 0 Å². The predicted molar refractivity (Wildman–Crippen MR) is 108 cm³/mol. The number of para-hydroxylation sites is 1. The number of aryl methyl sites for hydroxylation is 1. The van der Waals surface area contributed by atoms with Gasteiger partial charge in [-0.2, -0.15) is 4.68 Å². The molecule has 1 aliphatic carbocycles. The molecule has 1 aliphatic rings. The van der Waals surface area contributed by atoms with Crippen LogP contribution in [-0.2, 0) is 13.6 Å². The van der Waals surface area contributed by atoms with E-state index in [0.717, 1.165) is 5.75 Å². The number of carbonyl (C=O) groups is 1. The number of carbonyl (C=O) groups excluding carboxylic acids is 1. The SMILES string of the molecule is C=Nc1ncn(C)c1C(=O)N(C)Cc1nn(C2CC(Oc3ccccc3)C2)c(=O)o1. The van der Waals surface area contributed by atoms with Crippen molar-refractivity contribution < 1.29 is 13.9 Å². The molecule has 10 heteroatoms. The summed E-state index contributed by atoms with van der Waals surface area (Å²) in [5.41, 5.74) is 0.300. The van der Waals surface area contributed by atoms with Crippen LogP contribution >= 0.6 is 0 Å². The van der Waals surface area contributed by atoms with Gasteiger partial charge >= 0.3 is 5.76 Å². The van der Waals surface area contributed by atoms with Crippen LogP contribution in [0.2, 0.25) is 0 Å². The van der Waals surface area contributed by atoms with Crippen LogP contribution in [0.25, 0.3) is 0 Å². The largest absolute Gasteiger partial charge is 0.490 e. The molecule has 0 atom stereocenters. The Bertz CT molecular complexity index is 1110. The zero-order chi connectivity index (χ0) is 21.3. The third kappa shape index (κ3) is 3.76. The van der Waals surface area contributed by atoms with Gasteiger partial charge in [0.2, 0.25) is 5.89 Å². The lowest BCUT2D eigenvalue weighted by molar-refractivity contribution is 0.0616. The quantitative estimate of drug-likeness (QED) is 0.551. The Labute approximate surface area is 172 Å². The van der Waals surface area contributed by atoms with Gasteiger partial charge in [-0.1, -0.05) is 18.2 Å². The smallest absolute Gasteiger partial charge is 0.437 e. The van der Waals surface area contributed by atoms with E-state index in [1.54, 1.807) is 18.7 Å². The fourth-order valence-corrected chi connectivity index (χ4v) is 3.38. The van der Waals surface area contributed by atoms with E-state index in [1.807, 2.05) is 30.3 Å². The first kappa shape index (κ1) is 19.6. The Morgan fingerprint density at radius 1 is 1.37 bits per heavy atom. The van der Waals surface area contributed by atoms with E-state index in [0.29, 0.717) is 18.5 Å². The van der Waals surface area contributed by atoms with E-state index in [2.05, 4.69) is 21.8 Å². The number of imidazole rings is 1. The fraction of sp³-hybridized carbons (Fsp3) is 0.350.